The molecule has 0 spiro atoms. The van der Waals surface area contributed by atoms with Gasteiger partial charge in [0.05, 0.1) is 12.6 Å². The molecule has 0 aromatic rings. The zero-order chi connectivity index (χ0) is 14.3. The molecule has 0 radical (unpaired) electrons. The Labute approximate surface area is 110 Å². The Hall–Kier alpha value is -1.10. The van der Waals surface area contributed by atoms with E-state index in [9.17, 15) is 9.59 Å². The molecule has 0 saturated heterocycles. The Kier molecular flexibility index (Phi) is 7.59. The summed E-state index contributed by atoms with van der Waals surface area (Å²) in [5.41, 5.74) is 5.67. The second-order valence-electron chi connectivity index (χ2n) is 5.23. The second kappa shape index (κ2) is 8.08. The van der Waals surface area contributed by atoms with Crippen molar-refractivity contribution >= 4 is 11.8 Å². The zero-order valence-corrected chi connectivity index (χ0v) is 12.1. The van der Waals surface area contributed by atoms with E-state index in [1.165, 1.54) is 0 Å². The van der Waals surface area contributed by atoms with Crippen LogP contribution in [0.1, 0.15) is 41.0 Å². The van der Waals surface area contributed by atoms with Gasteiger partial charge in [-0.25, -0.2) is 0 Å². The zero-order valence-electron chi connectivity index (χ0n) is 12.1. The number of hydrogen-bond donors (Lipinski definition) is 3. The number of carbonyl (C=O) groups excluding carboxylic acids is 2. The second-order valence-corrected chi connectivity index (χ2v) is 5.23. The molecular weight excluding hydrogens is 230 g/mol. The molecular formula is C13H27N3O2. The predicted octanol–water partition coefficient (Wildman–Crippen LogP) is 0.637. The van der Waals surface area contributed by atoms with E-state index < -0.39 is 6.04 Å². The largest absolute Gasteiger partial charge is 0.352 e. The summed E-state index contributed by atoms with van der Waals surface area (Å²) in [6.07, 6.45) is 1.01. The van der Waals surface area contributed by atoms with Crippen LogP contribution in [0.5, 0.6) is 0 Å². The molecule has 0 rings (SSSR count). The monoisotopic (exact) mass is 257 g/mol. The summed E-state index contributed by atoms with van der Waals surface area (Å²) in [5, 5.41) is 5.41. The summed E-state index contributed by atoms with van der Waals surface area (Å²) in [6, 6.07) is -0.456. The van der Waals surface area contributed by atoms with Gasteiger partial charge >= 0.3 is 0 Å². The molecule has 18 heavy (non-hydrogen) atoms. The molecule has 0 aliphatic rings. The van der Waals surface area contributed by atoms with E-state index in [-0.39, 0.29) is 30.3 Å². The number of rotatable bonds is 7. The van der Waals surface area contributed by atoms with Gasteiger partial charge in [-0.3, -0.25) is 9.59 Å². The highest BCUT2D eigenvalue weighted by Gasteiger charge is 2.18. The summed E-state index contributed by atoms with van der Waals surface area (Å²) in [5.74, 6) is 0.0260. The van der Waals surface area contributed by atoms with Crippen molar-refractivity contribution in [2.24, 2.45) is 17.6 Å². The first-order chi connectivity index (χ1) is 8.29. The quantitative estimate of drug-likeness (QED) is 0.625. The topological polar surface area (TPSA) is 84.2 Å². The average Bonchev–Trinajstić information content (AvgIpc) is 2.33. The fourth-order valence-corrected chi connectivity index (χ4v) is 1.39. The van der Waals surface area contributed by atoms with Crippen molar-refractivity contribution in [1.82, 2.24) is 10.6 Å². The first-order valence-electron chi connectivity index (χ1n) is 6.62. The molecule has 0 aliphatic heterocycles. The van der Waals surface area contributed by atoms with Gasteiger partial charge in [-0.1, -0.05) is 34.1 Å². The number of nitrogens with one attached hydrogen (secondary N) is 2. The molecule has 5 nitrogen and oxygen atoms in total. The Morgan fingerprint density at radius 2 is 1.72 bits per heavy atom. The van der Waals surface area contributed by atoms with E-state index >= 15 is 0 Å². The summed E-state index contributed by atoms with van der Waals surface area (Å²) in [4.78, 5) is 23.2. The third kappa shape index (κ3) is 6.00. The standard InChI is InChI=1S/C13H27N3O2/c1-6-9(4)10(5)16-11(17)7-15-13(18)12(14)8(2)3/h8-10,12H,6-7,14H2,1-5H3,(H,15,18)(H,16,17)/t9?,10?,12-/m0/s1. The molecule has 106 valence electrons. The van der Waals surface area contributed by atoms with Gasteiger partial charge in [0.25, 0.3) is 0 Å². The molecule has 2 unspecified atom stereocenters. The number of hydrogen-bond acceptors (Lipinski definition) is 3. The van der Waals surface area contributed by atoms with E-state index in [0.29, 0.717) is 5.92 Å². The van der Waals surface area contributed by atoms with E-state index in [1.807, 2.05) is 20.8 Å². The van der Waals surface area contributed by atoms with Crippen LogP contribution in [-0.2, 0) is 9.59 Å². The van der Waals surface area contributed by atoms with Gasteiger partial charge in [0, 0.05) is 6.04 Å². The molecule has 0 bridgehead atoms. The molecule has 0 fully saturated rings. The molecule has 0 aromatic heterocycles. The highest BCUT2D eigenvalue weighted by molar-refractivity contribution is 5.87. The first kappa shape index (κ1) is 16.9. The predicted molar refractivity (Wildman–Crippen MR) is 72.9 cm³/mol. The van der Waals surface area contributed by atoms with E-state index in [1.54, 1.807) is 0 Å². The van der Waals surface area contributed by atoms with Crippen molar-refractivity contribution in [3.05, 3.63) is 0 Å². The van der Waals surface area contributed by atoms with Crippen LogP contribution >= 0.6 is 0 Å². The lowest BCUT2D eigenvalue weighted by Crippen LogP contribution is -2.48. The third-order valence-electron chi connectivity index (χ3n) is 3.33. The maximum Gasteiger partial charge on any atom is 0.239 e. The molecule has 4 N–H and O–H groups in total. The molecule has 2 amide bonds. The summed E-state index contributed by atoms with van der Waals surface area (Å²) in [6.45, 7) is 9.85. The van der Waals surface area contributed by atoms with E-state index in [2.05, 4.69) is 24.5 Å². The number of amides is 2. The minimum Gasteiger partial charge on any atom is -0.352 e. The Bertz CT molecular complexity index is 279. The normalized spacial score (nSPS) is 15.9. The van der Waals surface area contributed by atoms with Crippen molar-refractivity contribution in [3.63, 3.8) is 0 Å². The van der Waals surface area contributed by atoms with Crippen molar-refractivity contribution in [2.45, 2.75) is 53.1 Å². The summed E-state index contributed by atoms with van der Waals surface area (Å²) in [7, 11) is 0. The first-order valence-corrected chi connectivity index (χ1v) is 6.62. The Balaban J connectivity index is 4.01. The third-order valence-corrected chi connectivity index (χ3v) is 3.33. The summed E-state index contributed by atoms with van der Waals surface area (Å²) >= 11 is 0. The maximum atomic E-state index is 11.6. The van der Waals surface area contributed by atoms with Crippen LogP contribution in [0.15, 0.2) is 0 Å². The van der Waals surface area contributed by atoms with Crippen LogP contribution in [-0.4, -0.2) is 30.4 Å². The van der Waals surface area contributed by atoms with E-state index in [4.69, 9.17) is 5.73 Å². The van der Waals surface area contributed by atoms with Crippen LogP contribution in [0.2, 0.25) is 0 Å². The Morgan fingerprint density at radius 1 is 1.17 bits per heavy atom. The fourth-order valence-electron chi connectivity index (χ4n) is 1.39. The van der Waals surface area contributed by atoms with Crippen molar-refractivity contribution in [3.8, 4) is 0 Å². The smallest absolute Gasteiger partial charge is 0.239 e. The lowest BCUT2D eigenvalue weighted by Gasteiger charge is -2.20. The fraction of sp³-hybridized carbons (Fsp3) is 0.846. The maximum absolute atomic E-state index is 11.6. The van der Waals surface area contributed by atoms with Crippen LogP contribution in [0, 0.1) is 11.8 Å². The van der Waals surface area contributed by atoms with Gasteiger partial charge in [0.2, 0.25) is 11.8 Å². The van der Waals surface area contributed by atoms with Gasteiger partial charge in [0.15, 0.2) is 0 Å². The minimum absolute atomic E-state index is 0.0139. The lowest BCUT2D eigenvalue weighted by molar-refractivity contribution is -0.127. The van der Waals surface area contributed by atoms with Crippen LogP contribution in [0.3, 0.4) is 0 Å². The molecule has 0 heterocycles. The van der Waals surface area contributed by atoms with Gasteiger partial charge < -0.3 is 16.4 Å². The SMILES string of the molecule is CCC(C)C(C)NC(=O)CNC(=O)[C@@H](N)C(C)C. The molecule has 0 aliphatic carbocycles. The van der Waals surface area contributed by atoms with Crippen molar-refractivity contribution < 1.29 is 9.59 Å². The highest BCUT2D eigenvalue weighted by atomic mass is 16.2. The Morgan fingerprint density at radius 3 is 2.17 bits per heavy atom. The molecule has 3 atom stereocenters. The van der Waals surface area contributed by atoms with Gasteiger partial charge in [-0.15, -0.1) is 0 Å². The van der Waals surface area contributed by atoms with Crippen LogP contribution in [0.4, 0.5) is 0 Å². The van der Waals surface area contributed by atoms with Crippen LogP contribution in [0.25, 0.3) is 0 Å². The van der Waals surface area contributed by atoms with Gasteiger partial charge in [0.1, 0.15) is 0 Å². The van der Waals surface area contributed by atoms with Gasteiger partial charge in [-0.05, 0) is 18.8 Å². The van der Waals surface area contributed by atoms with Crippen molar-refractivity contribution in [1.29, 1.82) is 0 Å². The van der Waals surface area contributed by atoms with Crippen molar-refractivity contribution in [2.75, 3.05) is 6.54 Å². The minimum atomic E-state index is -0.565. The number of nitrogens with two attached hydrogens (primary N) is 1. The van der Waals surface area contributed by atoms with Gasteiger partial charge in [-0.2, -0.15) is 0 Å². The molecule has 5 heteroatoms. The van der Waals surface area contributed by atoms with E-state index in [0.717, 1.165) is 6.42 Å². The average molecular weight is 257 g/mol. The number of carbonyl (C=O) groups is 2. The summed E-state index contributed by atoms with van der Waals surface area (Å²) < 4.78 is 0. The molecule has 0 aromatic carbocycles. The lowest BCUT2D eigenvalue weighted by atomic mass is 10.0. The highest BCUT2D eigenvalue weighted by Crippen LogP contribution is 2.06. The molecule has 0 saturated carbocycles. The van der Waals surface area contributed by atoms with Crippen LogP contribution < -0.4 is 16.4 Å².